The van der Waals surface area contributed by atoms with Gasteiger partial charge < -0.3 is 14.7 Å². The zero-order valence-electron chi connectivity index (χ0n) is 16.9. The van der Waals surface area contributed by atoms with Crippen molar-refractivity contribution >= 4 is 63.0 Å². The number of anilines is 2. The van der Waals surface area contributed by atoms with Gasteiger partial charge in [0.2, 0.25) is 0 Å². The molecule has 0 atom stereocenters. The summed E-state index contributed by atoms with van der Waals surface area (Å²) in [4.78, 5) is 24.4. The van der Waals surface area contributed by atoms with Gasteiger partial charge in [-0.1, -0.05) is 45.7 Å². The summed E-state index contributed by atoms with van der Waals surface area (Å²) in [7, 11) is 1.00. The second-order valence-corrected chi connectivity index (χ2v) is 9.02. The predicted molar refractivity (Wildman–Crippen MR) is 130 cm³/mol. The van der Waals surface area contributed by atoms with E-state index < -0.39 is 11.7 Å². The Kier molecular flexibility index (Phi) is 8.31. The molecule has 5 nitrogen and oxygen atoms in total. The summed E-state index contributed by atoms with van der Waals surface area (Å²) in [6, 6.07) is 15.5. The average Bonchev–Trinajstić information content (AvgIpc) is 3.21. The van der Waals surface area contributed by atoms with Gasteiger partial charge in [-0.25, -0.2) is 4.39 Å². The largest absolute Gasteiger partial charge is 0.400 e. The van der Waals surface area contributed by atoms with Crippen LogP contribution in [0, 0.1) is 5.82 Å². The number of benzene rings is 3. The van der Waals surface area contributed by atoms with Crippen molar-refractivity contribution in [2.75, 3.05) is 23.3 Å². The number of carbonyl (C=O) groups is 2. The number of aliphatic hydroxyl groups excluding tert-OH is 1. The third-order valence-electron chi connectivity index (χ3n) is 4.71. The molecule has 1 heterocycles. The van der Waals surface area contributed by atoms with E-state index in [4.69, 9.17) is 16.7 Å². The van der Waals surface area contributed by atoms with E-state index in [1.165, 1.54) is 23.6 Å². The topological polar surface area (TPSA) is 69.6 Å². The fourth-order valence-corrected chi connectivity index (χ4v) is 4.86. The van der Waals surface area contributed by atoms with E-state index in [2.05, 4.69) is 27.3 Å². The second kappa shape index (κ2) is 11.0. The van der Waals surface area contributed by atoms with Gasteiger partial charge in [0.15, 0.2) is 6.29 Å². The van der Waals surface area contributed by atoms with Crippen LogP contribution in [0.4, 0.5) is 15.8 Å². The lowest BCUT2D eigenvalue weighted by molar-refractivity contribution is 0.102. The Labute approximate surface area is 202 Å². The molecule has 0 radical (unpaired) electrons. The molecule has 1 aliphatic rings. The highest BCUT2D eigenvalue weighted by molar-refractivity contribution is 9.10. The van der Waals surface area contributed by atoms with Crippen LogP contribution >= 0.6 is 39.5 Å². The molecular weight excluding hydrogens is 519 g/mol. The maximum Gasteiger partial charge on any atom is 0.257 e. The van der Waals surface area contributed by atoms with Crippen LogP contribution in [0.1, 0.15) is 26.3 Å². The number of aliphatic hydroxyl groups is 1. The number of hydrogen-bond acceptors (Lipinski definition) is 5. The molecule has 0 bridgehead atoms. The summed E-state index contributed by atoms with van der Waals surface area (Å²) in [6.45, 7) is 0.745. The molecule has 0 aromatic heterocycles. The minimum Gasteiger partial charge on any atom is -0.400 e. The minimum absolute atomic E-state index is 0.000867. The number of rotatable bonds is 5. The van der Waals surface area contributed by atoms with Gasteiger partial charge >= 0.3 is 0 Å². The zero-order valence-corrected chi connectivity index (χ0v) is 20.1. The molecule has 2 N–H and O–H groups in total. The minimum atomic E-state index is -0.519. The van der Waals surface area contributed by atoms with Gasteiger partial charge in [0.05, 0.1) is 26.9 Å². The van der Waals surface area contributed by atoms with Crippen molar-refractivity contribution in [3.63, 3.8) is 0 Å². The Hall–Kier alpha value is -2.39. The number of aldehydes is 1. The van der Waals surface area contributed by atoms with Crippen LogP contribution in [0.15, 0.2) is 64.0 Å². The molecule has 1 aliphatic heterocycles. The van der Waals surface area contributed by atoms with E-state index in [0.29, 0.717) is 26.9 Å². The number of carbonyl (C=O) groups excluding carboxylic acids is 2. The van der Waals surface area contributed by atoms with Gasteiger partial charge in [0.1, 0.15) is 5.82 Å². The maximum absolute atomic E-state index is 14.6. The quantitative estimate of drug-likeness (QED) is 0.309. The number of amides is 1. The van der Waals surface area contributed by atoms with Crippen molar-refractivity contribution < 1.29 is 19.1 Å². The molecule has 0 spiro atoms. The van der Waals surface area contributed by atoms with Crippen LogP contribution in [0.2, 0.25) is 5.02 Å². The van der Waals surface area contributed by atoms with Crippen LogP contribution in [-0.2, 0) is 6.42 Å². The first-order valence-electron chi connectivity index (χ1n) is 9.49. The Morgan fingerprint density at radius 3 is 2.72 bits per heavy atom. The van der Waals surface area contributed by atoms with E-state index >= 15 is 0 Å². The molecule has 0 unspecified atom stereocenters. The molecule has 166 valence electrons. The number of halogens is 3. The average molecular weight is 538 g/mol. The van der Waals surface area contributed by atoms with Crippen LogP contribution < -0.4 is 9.62 Å². The summed E-state index contributed by atoms with van der Waals surface area (Å²) in [6.07, 6.45) is 1.53. The number of nitrogens with zero attached hydrogens (tertiary/aromatic N) is 1. The third kappa shape index (κ3) is 5.32. The summed E-state index contributed by atoms with van der Waals surface area (Å²) >= 11 is 10.7. The fourth-order valence-electron chi connectivity index (χ4n) is 3.23. The summed E-state index contributed by atoms with van der Waals surface area (Å²) in [5.74, 6) is -1.02. The molecule has 9 heteroatoms. The smallest absolute Gasteiger partial charge is 0.257 e. The molecule has 0 aliphatic carbocycles. The highest BCUT2D eigenvalue weighted by Gasteiger charge is 2.23. The van der Waals surface area contributed by atoms with E-state index in [-0.39, 0.29) is 10.6 Å². The highest BCUT2D eigenvalue weighted by atomic mass is 79.9. The number of hydrogen-bond donors (Lipinski definition) is 2. The SMILES string of the molecule is CO.O=Cc1cc(Br)ccc1NC(=O)c1cc(SN2CCc3ccccc32)c(F)cc1Cl. The van der Waals surface area contributed by atoms with Crippen molar-refractivity contribution in [1.82, 2.24) is 0 Å². The number of nitrogens with one attached hydrogen (secondary N) is 1. The normalized spacial score (nSPS) is 12.0. The van der Waals surface area contributed by atoms with Gasteiger partial charge in [0.25, 0.3) is 5.91 Å². The number of fused-ring (bicyclic) bond motifs is 1. The molecule has 32 heavy (non-hydrogen) atoms. The summed E-state index contributed by atoms with van der Waals surface area (Å²) in [5, 5.41) is 9.68. The third-order valence-corrected chi connectivity index (χ3v) is 6.62. The monoisotopic (exact) mass is 536 g/mol. The van der Waals surface area contributed by atoms with Crippen molar-refractivity contribution in [3.8, 4) is 0 Å². The molecule has 1 amide bonds. The lowest BCUT2D eigenvalue weighted by atomic mass is 10.1. The van der Waals surface area contributed by atoms with E-state index in [1.807, 2.05) is 22.5 Å². The Morgan fingerprint density at radius 1 is 1.22 bits per heavy atom. The molecule has 3 aromatic rings. The second-order valence-electron chi connectivity index (χ2n) is 6.64. The standard InChI is InChI=1S/C22H15BrClFN2O2S.CH4O/c23-15-5-6-19(14(9-15)12-28)26-22(29)16-10-21(18(25)11-17(16)24)30-27-8-7-13-3-1-2-4-20(13)27;1-2/h1-6,9-12H,7-8H2,(H,26,29);2H,1H3. The van der Waals surface area contributed by atoms with Gasteiger partial charge in [-0.2, -0.15) is 0 Å². The lowest BCUT2D eigenvalue weighted by Gasteiger charge is -2.19. The first-order chi connectivity index (χ1) is 15.5. The predicted octanol–water partition coefficient (Wildman–Crippen LogP) is 5.98. The van der Waals surface area contributed by atoms with E-state index in [1.54, 1.807) is 18.2 Å². The summed E-state index contributed by atoms with van der Waals surface area (Å²) < 4.78 is 17.3. The Bertz CT molecular complexity index is 1160. The first kappa shape index (κ1) is 24.3. The molecular formula is C23H19BrClFN2O3S. The molecule has 4 rings (SSSR count). The van der Waals surface area contributed by atoms with E-state index in [9.17, 15) is 14.0 Å². The Morgan fingerprint density at radius 2 is 1.97 bits per heavy atom. The van der Waals surface area contributed by atoms with Crippen LogP contribution in [0.3, 0.4) is 0 Å². The van der Waals surface area contributed by atoms with Crippen LogP contribution in [0.25, 0.3) is 0 Å². The van der Waals surface area contributed by atoms with Crippen molar-refractivity contribution in [2.24, 2.45) is 0 Å². The van der Waals surface area contributed by atoms with Crippen molar-refractivity contribution in [3.05, 3.63) is 86.6 Å². The van der Waals surface area contributed by atoms with Crippen molar-refractivity contribution in [2.45, 2.75) is 11.3 Å². The van der Waals surface area contributed by atoms with Crippen LogP contribution in [-0.4, -0.2) is 31.0 Å². The van der Waals surface area contributed by atoms with Gasteiger partial charge in [-0.3, -0.25) is 9.59 Å². The zero-order chi connectivity index (χ0) is 23.3. The van der Waals surface area contributed by atoms with Gasteiger partial charge in [0, 0.05) is 23.7 Å². The molecule has 0 fully saturated rings. The maximum atomic E-state index is 14.6. The molecule has 0 saturated heterocycles. The highest BCUT2D eigenvalue weighted by Crippen LogP contribution is 2.38. The number of para-hydroxylation sites is 1. The Balaban J connectivity index is 0.00000141. The first-order valence-corrected chi connectivity index (χ1v) is 11.4. The fraction of sp³-hybridized carbons (Fsp3) is 0.130. The van der Waals surface area contributed by atoms with Crippen molar-refractivity contribution in [1.29, 1.82) is 0 Å². The van der Waals surface area contributed by atoms with Crippen LogP contribution in [0.5, 0.6) is 0 Å². The van der Waals surface area contributed by atoms with Gasteiger partial charge in [-0.05, 0) is 60.3 Å². The molecule has 0 saturated carbocycles. The van der Waals surface area contributed by atoms with E-state index in [0.717, 1.165) is 31.8 Å². The van der Waals surface area contributed by atoms with Gasteiger partial charge in [-0.15, -0.1) is 0 Å². The molecule has 3 aromatic carbocycles. The summed E-state index contributed by atoms with van der Waals surface area (Å²) in [5.41, 5.74) is 3.04. The lowest BCUT2D eigenvalue weighted by Crippen LogP contribution is -2.15.